The lowest BCUT2D eigenvalue weighted by atomic mass is 9.95. The lowest BCUT2D eigenvalue weighted by Gasteiger charge is -2.20. The summed E-state index contributed by atoms with van der Waals surface area (Å²) < 4.78 is 32.8. The fourth-order valence-corrected chi connectivity index (χ4v) is 7.71. The van der Waals surface area contributed by atoms with Crippen LogP contribution in [-0.4, -0.2) is 111 Å². The van der Waals surface area contributed by atoms with Crippen molar-refractivity contribution in [2.24, 2.45) is 11.7 Å². The van der Waals surface area contributed by atoms with E-state index < -0.39 is 13.6 Å². The second kappa shape index (κ2) is 41.0. The van der Waals surface area contributed by atoms with E-state index in [0.29, 0.717) is 64.1 Å². The largest absolute Gasteiger partial charge is 0.379 e. The van der Waals surface area contributed by atoms with E-state index >= 15 is 0 Å². The van der Waals surface area contributed by atoms with Gasteiger partial charge in [0, 0.05) is 31.1 Å². The third kappa shape index (κ3) is 40.0. The molecule has 6 N–H and O–H groups in total. The van der Waals surface area contributed by atoms with Crippen LogP contribution in [-0.2, 0) is 33.1 Å². The van der Waals surface area contributed by atoms with Gasteiger partial charge in [0.1, 0.15) is 0 Å². The topological polar surface area (TPSA) is 179 Å². The van der Waals surface area contributed by atoms with Gasteiger partial charge in [0.05, 0.1) is 64.5 Å². The summed E-state index contributed by atoms with van der Waals surface area (Å²) in [5.74, 6) is 1.79. The first-order valence-corrected chi connectivity index (χ1v) is 25.3. The van der Waals surface area contributed by atoms with Crippen LogP contribution in [0, 0.1) is 5.92 Å². The molecular formula is C42H86N3O9PS. The van der Waals surface area contributed by atoms with Crippen molar-refractivity contribution >= 4 is 31.2 Å². The first-order valence-electron chi connectivity index (χ1n) is 22.4. The summed E-state index contributed by atoms with van der Waals surface area (Å²) in [6, 6.07) is -0.809. The molecule has 2 amide bonds. The average molecular weight is 840 g/mol. The summed E-state index contributed by atoms with van der Waals surface area (Å²) >= 11 is 1.55. The Labute approximate surface area is 346 Å². The molecule has 334 valence electrons. The number of thioether (sulfide) groups is 1. The second-order valence-electron chi connectivity index (χ2n) is 15.2. The van der Waals surface area contributed by atoms with Crippen LogP contribution in [0.3, 0.4) is 0 Å². The molecule has 0 aliphatic heterocycles. The molecule has 0 bridgehead atoms. The monoisotopic (exact) mass is 840 g/mol. The molecule has 0 aliphatic rings. The highest BCUT2D eigenvalue weighted by molar-refractivity contribution is 7.99. The molecule has 0 aliphatic carbocycles. The van der Waals surface area contributed by atoms with E-state index in [1.54, 1.807) is 11.8 Å². The summed E-state index contributed by atoms with van der Waals surface area (Å²) in [5, 5.41) is 5.99. The number of amides is 2. The van der Waals surface area contributed by atoms with E-state index in [0.717, 1.165) is 25.2 Å². The lowest BCUT2D eigenvalue weighted by Crippen LogP contribution is -2.44. The smallest absolute Gasteiger partial charge is 0.327 e. The maximum absolute atomic E-state index is 12.8. The van der Waals surface area contributed by atoms with Crippen LogP contribution in [0.25, 0.3) is 0 Å². The van der Waals surface area contributed by atoms with Crippen LogP contribution in [0.1, 0.15) is 162 Å². The van der Waals surface area contributed by atoms with Crippen LogP contribution in [0.15, 0.2) is 0 Å². The predicted molar refractivity (Wildman–Crippen MR) is 233 cm³/mol. The van der Waals surface area contributed by atoms with Crippen molar-refractivity contribution in [1.29, 1.82) is 0 Å². The van der Waals surface area contributed by atoms with E-state index in [1.165, 1.54) is 116 Å². The normalized spacial score (nSPS) is 13.0. The minimum Gasteiger partial charge on any atom is -0.379 e. The molecule has 56 heavy (non-hydrogen) atoms. The second-order valence-corrected chi connectivity index (χ2v) is 18.1. The Bertz CT molecular complexity index is 930. The molecule has 0 aromatic rings. The molecule has 14 heteroatoms. The van der Waals surface area contributed by atoms with Crippen molar-refractivity contribution in [2.45, 2.75) is 174 Å². The number of hydrogen-bond donors (Lipinski definition) is 5. The van der Waals surface area contributed by atoms with Gasteiger partial charge in [0.15, 0.2) is 0 Å². The zero-order chi connectivity index (χ0) is 41.4. The molecule has 0 saturated heterocycles. The van der Waals surface area contributed by atoms with Crippen LogP contribution in [0.5, 0.6) is 0 Å². The van der Waals surface area contributed by atoms with E-state index in [9.17, 15) is 14.2 Å². The van der Waals surface area contributed by atoms with Crippen molar-refractivity contribution in [2.75, 3.05) is 77.1 Å². The minimum absolute atomic E-state index is 0.0191. The molecular weight excluding hydrogens is 754 g/mol. The van der Waals surface area contributed by atoms with Gasteiger partial charge >= 0.3 is 7.60 Å². The maximum Gasteiger partial charge on any atom is 0.327 e. The van der Waals surface area contributed by atoms with E-state index in [1.807, 2.05) is 0 Å². The molecule has 0 unspecified atom stereocenters. The Morgan fingerprint density at radius 1 is 0.643 bits per heavy atom. The summed E-state index contributed by atoms with van der Waals surface area (Å²) in [4.78, 5) is 43.0. The number of nitrogens with two attached hydrogens (primary N) is 1. The minimum atomic E-state index is -4.04. The molecule has 12 nitrogen and oxygen atoms in total. The average Bonchev–Trinajstić information content (AvgIpc) is 3.17. The van der Waals surface area contributed by atoms with Gasteiger partial charge in [0.25, 0.3) is 0 Å². The molecule has 0 aromatic heterocycles. The summed E-state index contributed by atoms with van der Waals surface area (Å²) in [6.45, 7) is 9.85. The van der Waals surface area contributed by atoms with Crippen LogP contribution in [0.2, 0.25) is 0 Å². The number of carbonyl (C=O) groups is 2. The zero-order valence-corrected chi connectivity index (χ0v) is 37.7. The Kier molecular flexibility index (Phi) is 40.4. The van der Waals surface area contributed by atoms with E-state index in [-0.39, 0.29) is 37.2 Å². The van der Waals surface area contributed by atoms with Gasteiger partial charge < -0.3 is 45.1 Å². The predicted octanol–water partition coefficient (Wildman–Crippen LogP) is 8.15. The lowest BCUT2D eigenvalue weighted by molar-refractivity contribution is -0.123. The van der Waals surface area contributed by atoms with Crippen molar-refractivity contribution in [1.82, 2.24) is 10.6 Å². The molecule has 0 heterocycles. The van der Waals surface area contributed by atoms with Crippen molar-refractivity contribution < 1.29 is 42.9 Å². The Morgan fingerprint density at radius 3 is 1.73 bits per heavy atom. The number of ether oxygens (including phenoxy) is 4. The molecule has 2 atom stereocenters. The third-order valence-corrected chi connectivity index (χ3v) is 12.0. The highest BCUT2D eigenvalue weighted by Crippen LogP contribution is 2.33. The van der Waals surface area contributed by atoms with Gasteiger partial charge in [-0.1, -0.05) is 143 Å². The zero-order valence-electron chi connectivity index (χ0n) is 36.0. The maximum atomic E-state index is 12.8. The van der Waals surface area contributed by atoms with Crippen LogP contribution < -0.4 is 16.4 Å². The van der Waals surface area contributed by atoms with Gasteiger partial charge in [-0.3, -0.25) is 14.2 Å². The molecule has 0 fully saturated rings. The quantitative estimate of drug-likeness (QED) is 0.0295. The van der Waals surface area contributed by atoms with Crippen molar-refractivity contribution in [3.63, 3.8) is 0 Å². The van der Waals surface area contributed by atoms with Gasteiger partial charge in [-0.05, 0) is 18.8 Å². The van der Waals surface area contributed by atoms with Crippen LogP contribution >= 0.6 is 19.4 Å². The van der Waals surface area contributed by atoms with E-state index in [4.69, 9.17) is 34.5 Å². The third-order valence-electron chi connectivity index (χ3n) is 10.0. The van der Waals surface area contributed by atoms with Gasteiger partial charge in [-0.2, -0.15) is 11.8 Å². The molecule has 0 rings (SSSR count). The molecule has 0 spiro atoms. The number of unbranched alkanes of at least 4 members (excludes halogenated alkanes) is 16. The van der Waals surface area contributed by atoms with E-state index in [2.05, 4.69) is 31.4 Å². The molecule has 0 radical (unpaired) electrons. The number of nitrogens with one attached hydrogen (secondary N) is 2. The Hall–Kier alpha value is -0.760. The fourth-order valence-electron chi connectivity index (χ4n) is 6.34. The summed E-state index contributed by atoms with van der Waals surface area (Å²) in [6.07, 6.45) is 26.7. The first kappa shape index (κ1) is 55.2. The fraction of sp³-hybridized carbons (Fsp3) is 0.952. The highest BCUT2D eigenvalue weighted by Gasteiger charge is 2.17. The SMILES string of the molecule is CCCCCCCCCCCC(=O)N[C@H](COCCCCCCCCCCCC(CC)CC)CSC[C@H](N)C(=O)NCCOCCOCCOCCP(=O)(O)O. The molecule has 0 aromatic carbocycles. The number of carbonyl (C=O) groups excluding carboxylic acids is 2. The molecule has 0 saturated carbocycles. The van der Waals surface area contributed by atoms with Crippen molar-refractivity contribution in [3.05, 3.63) is 0 Å². The van der Waals surface area contributed by atoms with Crippen molar-refractivity contribution in [3.8, 4) is 0 Å². The van der Waals surface area contributed by atoms with Gasteiger partial charge in [-0.25, -0.2) is 0 Å². The first-order chi connectivity index (χ1) is 27.1. The Morgan fingerprint density at radius 2 is 1.16 bits per heavy atom. The summed E-state index contributed by atoms with van der Waals surface area (Å²) in [5.41, 5.74) is 6.17. The highest BCUT2D eigenvalue weighted by atomic mass is 32.2. The standard InChI is InChI=1S/C42H86N3O9PS/c1-4-7-8-9-10-12-16-19-22-25-41(46)45-39(35-54-27-23-20-17-14-11-13-15-18-21-24-38(5-2)6-3)36-56-37-40(43)42(47)44-26-28-51-29-30-52-31-32-53-33-34-55(48,49)50/h38-40H,4-37,43H2,1-3H3,(H,44,47)(H,45,46)(H2,48,49,50)/t39-,40+/m1/s1. The van der Waals surface area contributed by atoms with Gasteiger partial charge in [0.2, 0.25) is 11.8 Å². The van der Waals surface area contributed by atoms with Gasteiger partial charge in [-0.15, -0.1) is 0 Å². The number of hydrogen-bond acceptors (Lipinski definition) is 9. The summed E-state index contributed by atoms with van der Waals surface area (Å²) in [7, 11) is -4.04. The Balaban J connectivity index is 4.29. The number of rotatable bonds is 44. The van der Waals surface area contributed by atoms with Crippen LogP contribution in [0.4, 0.5) is 0 Å².